The van der Waals surface area contributed by atoms with Crippen LogP contribution in [0.5, 0.6) is 0 Å². The number of nitrogens with one attached hydrogen (secondary N) is 1. The molecule has 0 bridgehead atoms. The molecule has 4 aromatic rings. The van der Waals surface area contributed by atoms with Crippen LogP contribution in [0.15, 0.2) is 60.8 Å². The van der Waals surface area contributed by atoms with E-state index < -0.39 is 29.6 Å². The first-order valence-corrected chi connectivity index (χ1v) is 13.4. The number of aromatic nitrogens is 2. The summed E-state index contributed by atoms with van der Waals surface area (Å²) < 4.78 is 18.4. The maximum atomic E-state index is 14.5. The lowest BCUT2D eigenvalue weighted by molar-refractivity contribution is -0.123. The van der Waals surface area contributed by atoms with Crippen LogP contribution in [0, 0.1) is 5.82 Å². The van der Waals surface area contributed by atoms with Crippen LogP contribution < -0.4 is 21.7 Å². The van der Waals surface area contributed by atoms with Crippen molar-refractivity contribution in [2.45, 2.75) is 44.2 Å². The smallest absolute Gasteiger partial charge is 0.273 e. The van der Waals surface area contributed by atoms with E-state index in [1.807, 2.05) is 6.07 Å². The highest BCUT2D eigenvalue weighted by molar-refractivity contribution is 7.09. The third-order valence-corrected chi connectivity index (χ3v) is 7.71. The van der Waals surface area contributed by atoms with Gasteiger partial charge in [-0.05, 0) is 66.3 Å². The number of pyridine rings is 1. The van der Waals surface area contributed by atoms with Crippen LogP contribution >= 0.6 is 11.5 Å². The Hall–Kier alpha value is -4.38. The normalized spacial score (nSPS) is 14.6. The first-order chi connectivity index (χ1) is 18.8. The largest absolute Gasteiger partial charge is 0.395 e. The summed E-state index contributed by atoms with van der Waals surface area (Å²) in [6.45, 7) is 0. The number of amides is 3. The summed E-state index contributed by atoms with van der Waals surface area (Å²) in [6, 6.07) is 13.1. The third kappa shape index (κ3) is 5.44. The lowest BCUT2D eigenvalue weighted by Crippen LogP contribution is -2.47. The minimum Gasteiger partial charge on any atom is -0.395 e. The quantitative estimate of drug-likeness (QED) is 0.314. The number of fused-ring (bicyclic) bond motifs is 1. The molecule has 0 aliphatic heterocycles. The van der Waals surface area contributed by atoms with Gasteiger partial charge in [-0.15, -0.1) is 0 Å². The van der Waals surface area contributed by atoms with Crippen molar-refractivity contribution < 1.29 is 18.8 Å². The Morgan fingerprint density at radius 1 is 1.05 bits per heavy atom. The molecule has 1 aliphatic rings. The van der Waals surface area contributed by atoms with Crippen LogP contribution in [0.4, 0.5) is 15.8 Å². The van der Waals surface area contributed by atoms with E-state index in [-0.39, 0.29) is 28.0 Å². The molecule has 11 heteroatoms. The van der Waals surface area contributed by atoms with E-state index in [2.05, 4.69) is 14.7 Å². The Morgan fingerprint density at radius 2 is 1.85 bits per heavy atom. The first-order valence-electron chi connectivity index (χ1n) is 12.6. The molecule has 0 unspecified atom stereocenters. The third-order valence-electron chi connectivity index (χ3n) is 6.86. The number of benzene rings is 2. The zero-order valence-electron chi connectivity index (χ0n) is 21.0. The lowest BCUT2D eigenvalue weighted by atomic mass is 9.94. The summed E-state index contributed by atoms with van der Waals surface area (Å²) in [7, 11) is 0. The van der Waals surface area contributed by atoms with Gasteiger partial charge in [-0.1, -0.05) is 37.5 Å². The Balaban J connectivity index is 1.67. The number of primary amides is 1. The van der Waals surface area contributed by atoms with Crippen molar-refractivity contribution in [3.05, 3.63) is 82.7 Å². The summed E-state index contributed by atoms with van der Waals surface area (Å²) in [4.78, 5) is 45.5. The zero-order chi connectivity index (χ0) is 27.5. The first kappa shape index (κ1) is 26.2. The number of halogens is 1. The van der Waals surface area contributed by atoms with Crippen LogP contribution in [0.25, 0.3) is 10.9 Å². The second kappa shape index (κ2) is 11.2. The minimum atomic E-state index is -1.19. The van der Waals surface area contributed by atoms with Gasteiger partial charge >= 0.3 is 0 Å². The fourth-order valence-corrected chi connectivity index (χ4v) is 5.70. The number of anilines is 2. The number of hydrogen-bond donors (Lipinski definition) is 3. The number of nitrogens with two attached hydrogens (primary N) is 2. The van der Waals surface area contributed by atoms with E-state index in [4.69, 9.17) is 11.5 Å². The van der Waals surface area contributed by atoms with Crippen LogP contribution in [-0.2, 0) is 4.79 Å². The molecule has 1 atom stereocenters. The van der Waals surface area contributed by atoms with Gasteiger partial charge in [0, 0.05) is 23.3 Å². The average Bonchev–Trinajstić information content (AvgIpc) is 3.33. The summed E-state index contributed by atoms with van der Waals surface area (Å²) in [5, 5.41) is 3.88. The molecule has 2 aromatic carbocycles. The van der Waals surface area contributed by atoms with E-state index in [9.17, 15) is 18.8 Å². The number of carbonyl (C=O) groups excluding carboxylic acids is 3. The predicted molar refractivity (Wildman–Crippen MR) is 148 cm³/mol. The van der Waals surface area contributed by atoms with Gasteiger partial charge in [0.25, 0.3) is 11.8 Å². The Labute approximate surface area is 228 Å². The Morgan fingerprint density at radius 3 is 2.56 bits per heavy atom. The number of carbonyl (C=O) groups is 3. The minimum absolute atomic E-state index is 0.0460. The van der Waals surface area contributed by atoms with Gasteiger partial charge in [-0.2, -0.15) is 4.37 Å². The molecular formula is C28H27FN6O3S. The summed E-state index contributed by atoms with van der Waals surface area (Å²) >= 11 is 0.700. The van der Waals surface area contributed by atoms with Crippen LogP contribution in [-0.4, -0.2) is 33.1 Å². The van der Waals surface area contributed by atoms with Gasteiger partial charge in [0.05, 0.1) is 11.2 Å². The molecule has 2 aromatic heterocycles. The van der Waals surface area contributed by atoms with Gasteiger partial charge in [0.1, 0.15) is 16.7 Å². The molecule has 9 nitrogen and oxygen atoms in total. The molecule has 1 fully saturated rings. The molecule has 3 amide bonds. The second-order valence-electron chi connectivity index (χ2n) is 9.49. The SMILES string of the molecule is NC(=O)c1nsc(C(=O)N(c2cccc(F)c2)[C@@H](C(=O)NC2CCCCC2)c2ccc3ncccc3c2)c1N. The van der Waals surface area contributed by atoms with Gasteiger partial charge in [0.2, 0.25) is 5.91 Å². The molecule has 2 heterocycles. The van der Waals surface area contributed by atoms with Crippen LogP contribution in [0.2, 0.25) is 0 Å². The fourth-order valence-electron chi connectivity index (χ4n) is 4.96. The standard InChI is InChI=1S/C28H27FN6O3S/c29-18-7-4-10-20(15-18)35(28(38)25-22(30)23(26(31)36)34-39-25)24(27(37)33-19-8-2-1-3-9-19)17-11-12-21-16(14-17)6-5-13-32-21/h4-7,10-15,19,24H,1-3,8-9,30H2,(H2,31,36)(H,33,37)/t24-/m1/s1. The zero-order valence-corrected chi connectivity index (χ0v) is 21.8. The summed E-state index contributed by atoms with van der Waals surface area (Å²) in [5.41, 5.74) is 12.4. The number of nitrogens with zero attached hydrogens (tertiary/aromatic N) is 3. The van der Waals surface area contributed by atoms with E-state index >= 15 is 0 Å². The van der Waals surface area contributed by atoms with Crippen molar-refractivity contribution in [2.24, 2.45) is 5.73 Å². The predicted octanol–water partition coefficient (Wildman–Crippen LogP) is 4.35. The van der Waals surface area contributed by atoms with Gasteiger partial charge in [-0.25, -0.2) is 4.39 Å². The highest BCUT2D eigenvalue weighted by Crippen LogP contribution is 2.34. The van der Waals surface area contributed by atoms with E-state index in [1.165, 1.54) is 29.2 Å². The number of rotatable bonds is 7. The second-order valence-corrected chi connectivity index (χ2v) is 10.3. The molecule has 5 N–H and O–H groups in total. The van der Waals surface area contributed by atoms with Crippen molar-refractivity contribution in [1.82, 2.24) is 14.7 Å². The highest BCUT2D eigenvalue weighted by atomic mass is 32.1. The van der Waals surface area contributed by atoms with Crippen LogP contribution in [0.3, 0.4) is 0 Å². The van der Waals surface area contributed by atoms with Gasteiger partial charge < -0.3 is 16.8 Å². The molecular weight excluding hydrogens is 519 g/mol. The van der Waals surface area contributed by atoms with E-state index in [1.54, 1.807) is 30.5 Å². The molecule has 0 saturated heterocycles. The summed E-state index contributed by atoms with van der Waals surface area (Å²) in [6.07, 6.45) is 6.43. The van der Waals surface area contributed by atoms with Crippen molar-refractivity contribution in [3.63, 3.8) is 0 Å². The maximum absolute atomic E-state index is 14.5. The molecule has 5 rings (SSSR count). The van der Waals surface area contributed by atoms with Gasteiger partial charge in [0.15, 0.2) is 5.69 Å². The molecule has 0 spiro atoms. The molecule has 39 heavy (non-hydrogen) atoms. The average molecular weight is 547 g/mol. The monoisotopic (exact) mass is 546 g/mol. The molecule has 0 radical (unpaired) electrons. The van der Waals surface area contributed by atoms with Crippen molar-refractivity contribution >= 4 is 51.5 Å². The number of hydrogen-bond acceptors (Lipinski definition) is 7. The van der Waals surface area contributed by atoms with Crippen molar-refractivity contribution in [2.75, 3.05) is 10.6 Å². The van der Waals surface area contributed by atoms with E-state index in [0.717, 1.165) is 37.5 Å². The maximum Gasteiger partial charge on any atom is 0.273 e. The molecule has 1 saturated carbocycles. The highest BCUT2D eigenvalue weighted by Gasteiger charge is 2.37. The Kier molecular flexibility index (Phi) is 7.51. The van der Waals surface area contributed by atoms with Crippen molar-refractivity contribution in [1.29, 1.82) is 0 Å². The topological polar surface area (TPSA) is 144 Å². The molecule has 1 aliphatic carbocycles. The number of nitrogen functional groups attached to an aromatic ring is 1. The van der Waals surface area contributed by atoms with Gasteiger partial charge in [-0.3, -0.25) is 24.3 Å². The molecule has 200 valence electrons. The fraction of sp³-hybridized carbons (Fsp3) is 0.250. The van der Waals surface area contributed by atoms with E-state index in [0.29, 0.717) is 22.6 Å². The summed E-state index contributed by atoms with van der Waals surface area (Å²) in [5.74, 6) is -2.59. The lowest BCUT2D eigenvalue weighted by Gasteiger charge is -2.33. The Bertz CT molecular complexity index is 1550. The van der Waals surface area contributed by atoms with Crippen LogP contribution in [0.1, 0.15) is 63.9 Å². The van der Waals surface area contributed by atoms with Crippen molar-refractivity contribution in [3.8, 4) is 0 Å².